The monoisotopic (exact) mass is 441 g/mol. The van der Waals surface area contributed by atoms with Crippen LogP contribution in [0.5, 0.6) is 5.75 Å². The summed E-state index contributed by atoms with van der Waals surface area (Å²) in [5.74, 6) is 0.359. The van der Waals surface area contributed by atoms with Crippen molar-refractivity contribution in [1.29, 1.82) is 0 Å². The zero-order valence-corrected chi connectivity index (χ0v) is 18.7. The van der Waals surface area contributed by atoms with Gasteiger partial charge in [0.15, 0.2) is 0 Å². The number of thiazole rings is 1. The smallest absolute Gasteiger partial charge is 0.291 e. The van der Waals surface area contributed by atoms with E-state index in [2.05, 4.69) is 34.6 Å². The summed E-state index contributed by atoms with van der Waals surface area (Å²) in [6.45, 7) is 4.40. The minimum atomic E-state index is -0.338. The molecule has 4 aromatic rings. The summed E-state index contributed by atoms with van der Waals surface area (Å²) >= 11 is 1.49. The Morgan fingerprint density at radius 3 is 2.50 bits per heavy atom. The number of hydrogen-bond acceptors (Lipinski definition) is 5. The highest BCUT2D eigenvalue weighted by molar-refractivity contribution is 7.15. The number of nitrogens with zero attached hydrogens (tertiary/aromatic N) is 2. The number of carbonyl (C=O) groups excluding carboxylic acids is 1. The molecule has 1 N–H and O–H groups in total. The van der Waals surface area contributed by atoms with E-state index in [0.29, 0.717) is 18.1 Å². The molecule has 0 atom stereocenters. The summed E-state index contributed by atoms with van der Waals surface area (Å²) in [4.78, 5) is 18.0. The molecule has 6 heteroatoms. The van der Waals surface area contributed by atoms with Crippen LogP contribution in [-0.2, 0) is 6.61 Å². The molecule has 4 rings (SSSR count). The zero-order chi connectivity index (χ0) is 22.3. The number of para-hydroxylation sites is 1. The number of aromatic nitrogens is 1. The third kappa shape index (κ3) is 5.28. The summed E-state index contributed by atoms with van der Waals surface area (Å²) in [7, 11) is 0. The zero-order valence-electron chi connectivity index (χ0n) is 17.9. The summed E-state index contributed by atoms with van der Waals surface area (Å²) < 4.78 is 5.96. The molecule has 0 aliphatic carbocycles. The first-order valence-corrected chi connectivity index (χ1v) is 11.1. The molecule has 0 saturated heterocycles. The van der Waals surface area contributed by atoms with Crippen molar-refractivity contribution in [3.8, 4) is 16.3 Å². The lowest BCUT2D eigenvalue weighted by atomic mass is 10.1. The fourth-order valence-electron chi connectivity index (χ4n) is 3.09. The maximum atomic E-state index is 12.6. The molecule has 0 aliphatic heterocycles. The molecule has 0 fully saturated rings. The standard InChI is InChI=1S/C26H23N3O2S/c1-18-12-14-20(15-13-18)17-31-23-11-7-6-10-22(23)16-27-29-25(30)24-19(2)32-26(28-24)21-8-4-3-5-9-21/h3-16H,17H2,1-2H3,(H,29,30)/b27-16-. The lowest BCUT2D eigenvalue weighted by Gasteiger charge is -2.09. The third-order valence-electron chi connectivity index (χ3n) is 4.84. The van der Waals surface area contributed by atoms with Gasteiger partial charge in [-0.1, -0.05) is 72.3 Å². The summed E-state index contributed by atoms with van der Waals surface area (Å²) in [5, 5.41) is 4.94. The van der Waals surface area contributed by atoms with Gasteiger partial charge in [-0.2, -0.15) is 5.10 Å². The Morgan fingerprint density at radius 2 is 1.72 bits per heavy atom. The van der Waals surface area contributed by atoms with E-state index in [0.717, 1.165) is 26.6 Å². The maximum Gasteiger partial charge on any atom is 0.291 e. The van der Waals surface area contributed by atoms with Gasteiger partial charge in [0.05, 0.1) is 6.21 Å². The fourth-order valence-corrected chi connectivity index (χ4v) is 4.00. The van der Waals surface area contributed by atoms with E-state index in [1.54, 1.807) is 6.21 Å². The number of amides is 1. The van der Waals surface area contributed by atoms with Crippen LogP contribution in [0, 0.1) is 13.8 Å². The van der Waals surface area contributed by atoms with Gasteiger partial charge in [-0.25, -0.2) is 10.4 Å². The van der Waals surface area contributed by atoms with Gasteiger partial charge in [0.1, 0.15) is 23.1 Å². The van der Waals surface area contributed by atoms with E-state index in [9.17, 15) is 4.79 Å². The van der Waals surface area contributed by atoms with Crippen molar-refractivity contribution in [3.05, 3.63) is 106 Å². The minimum Gasteiger partial charge on any atom is -0.488 e. The van der Waals surface area contributed by atoms with Crippen molar-refractivity contribution in [1.82, 2.24) is 10.4 Å². The van der Waals surface area contributed by atoms with Crippen molar-refractivity contribution in [2.75, 3.05) is 0 Å². The van der Waals surface area contributed by atoms with Crippen molar-refractivity contribution in [3.63, 3.8) is 0 Å². The van der Waals surface area contributed by atoms with Crippen LogP contribution in [0.1, 0.15) is 32.1 Å². The number of carbonyl (C=O) groups is 1. The van der Waals surface area contributed by atoms with Crippen LogP contribution in [0.2, 0.25) is 0 Å². The summed E-state index contributed by atoms with van der Waals surface area (Å²) in [6.07, 6.45) is 1.59. The Kier molecular flexibility index (Phi) is 6.72. The maximum absolute atomic E-state index is 12.6. The molecule has 1 aromatic heterocycles. The van der Waals surface area contributed by atoms with E-state index in [1.807, 2.05) is 73.7 Å². The van der Waals surface area contributed by atoms with Crippen molar-refractivity contribution in [2.24, 2.45) is 5.10 Å². The molecule has 0 radical (unpaired) electrons. The van der Waals surface area contributed by atoms with Gasteiger partial charge in [0, 0.05) is 16.0 Å². The molecule has 32 heavy (non-hydrogen) atoms. The van der Waals surface area contributed by atoms with Crippen LogP contribution in [0.15, 0.2) is 84.0 Å². The van der Waals surface area contributed by atoms with Gasteiger partial charge in [0.25, 0.3) is 5.91 Å². The van der Waals surface area contributed by atoms with Gasteiger partial charge in [0.2, 0.25) is 0 Å². The predicted octanol–water partition coefficient (Wildman–Crippen LogP) is 5.77. The minimum absolute atomic E-state index is 0.338. The van der Waals surface area contributed by atoms with Crippen LogP contribution in [0.4, 0.5) is 0 Å². The lowest BCUT2D eigenvalue weighted by molar-refractivity contribution is 0.0950. The number of ether oxygens (including phenoxy) is 1. The SMILES string of the molecule is Cc1ccc(COc2ccccc2/C=N\NC(=O)c2nc(-c3ccccc3)sc2C)cc1. The van der Waals surface area contributed by atoms with E-state index in [4.69, 9.17) is 4.74 Å². The summed E-state index contributed by atoms with van der Waals surface area (Å²) in [5.41, 5.74) is 7.03. The van der Waals surface area contributed by atoms with E-state index < -0.39 is 0 Å². The molecule has 1 heterocycles. The first-order chi connectivity index (χ1) is 15.6. The number of rotatable bonds is 7. The molecule has 0 saturated carbocycles. The average molecular weight is 442 g/mol. The molecule has 3 aromatic carbocycles. The highest BCUT2D eigenvalue weighted by Crippen LogP contribution is 2.27. The van der Waals surface area contributed by atoms with E-state index in [-0.39, 0.29) is 5.91 Å². The summed E-state index contributed by atoms with van der Waals surface area (Å²) in [6, 6.07) is 25.6. The van der Waals surface area contributed by atoms with Crippen LogP contribution >= 0.6 is 11.3 Å². The highest BCUT2D eigenvalue weighted by Gasteiger charge is 2.15. The molecule has 1 amide bonds. The second-order valence-electron chi connectivity index (χ2n) is 7.30. The quantitative estimate of drug-likeness (QED) is 0.292. The lowest BCUT2D eigenvalue weighted by Crippen LogP contribution is -2.19. The fraction of sp³-hybridized carbons (Fsp3) is 0.115. The Labute approximate surface area is 191 Å². The van der Waals surface area contributed by atoms with Gasteiger partial charge in [-0.3, -0.25) is 4.79 Å². The molecular weight excluding hydrogens is 418 g/mol. The molecule has 0 aliphatic rings. The molecule has 5 nitrogen and oxygen atoms in total. The van der Waals surface area contributed by atoms with Crippen LogP contribution in [-0.4, -0.2) is 17.1 Å². The Bertz CT molecular complexity index is 1230. The highest BCUT2D eigenvalue weighted by atomic mass is 32.1. The molecule has 0 unspecified atom stereocenters. The van der Waals surface area contributed by atoms with Gasteiger partial charge in [-0.05, 0) is 31.5 Å². The number of aryl methyl sites for hydroxylation is 2. The van der Waals surface area contributed by atoms with Crippen molar-refractivity contribution in [2.45, 2.75) is 20.5 Å². The van der Waals surface area contributed by atoms with Crippen LogP contribution in [0.3, 0.4) is 0 Å². The molecule has 160 valence electrons. The van der Waals surface area contributed by atoms with Gasteiger partial charge < -0.3 is 4.74 Å². The Morgan fingerprint density at radius 1 is 1.00 bits per heavy atom. The largest absolute Gasteiger partial charge is 0.488 e. The van der Waals surface area contributed by atoms with Crippen molar-refractivity contribution >= 4 is 23.5 Å². The first-order valence-electron chi connectivity index (χ1n) is 10.2. The Hall–Kier alpha value is -3.77. The number of hydrazone groups is 1. The van der Waals surface area contributed by atoms with E-state index in [1.165, 1.54) is 16.9 Å². The molecular formula is C26H23N3O2S. The average Bonchev–Trinajstić information content (AvgIpc) is 3.22. The molecule has 0 spiro atoms. The number of hydrogen-bond donors (Lipinski definition) is 1. The topological polar surface area (TPSA) is 63.6 Å². The Balaban J connectivity index is 1.41. The normalized spacial score (nSPS) is 10.9. The predicted molar refractivity (Wildman–Crippen MR) is 129 cm³/mol. The van der Waals surface area contributed by atoms with Crippen LogP contribution in [0.25, 0.3) is 10.6 Å². The van der Waals surface area contributed by atoms with Gasteiger partial charge in [-0.15, -0.1) is 11.3 Å². The second-order valence-corrected chi connectivity index (χ2v) is 8.50. The first kappa shape index (κ1) is 21.5. The third-order valence-corrected chi connectivity index (χ3v) is 5.86. The van der Waals surface area contributed by atoms with Crippen molar-refractivity contribution < 1.29 is 9.53 Å². The van der Waals surface area contributed by atoms with Crippen LogP contribution < -0.4 is 10.2 Å². The number of nitrogens with one attached hydrogen (secondary N) is 1. The second kappa shape index (κ2) is 10.0. The van der Waals surface area contributed by atoms with Gasteiger partial charge >= 0.3 is 0 Å². The molecule has 0 bridgehead atoms. The number of benzene rings is 3. The van der Waals surface area contributed by atoms with E-state index >= 15 is 0 Å².